The molecule has 2 heterocycles. The van der Waals surface area contributed by atoms with E-state index in [0.29, 0.717) is 5.41 Å². The van der Waals surface area contributed by atoms with Gasteiger partial charge in [-0.25, -0.2) is 10.4 Å². The van der Waals surface area contributed by atoms with Crippen LogP contribution in [0.1, 0.15) is 97.3 Å². The van der Waals surface area contributed by atoms with Crippen LogP contribution in [-0.4, -0.2) is 61.4 Å². The first-order chi connectivity index (χ1) is 21.1. The summed E-state index contributed by atoms with van der Waals surface area (Å²) in [7, 11) is 0. The summed E-state index contributed by atoms with van der Waals surface area (Å²) in [4.78, 5) is 10.3. The number of fused-ring (bicyclic) bond motifs is 1. The van der Waals surface area contributed by atoms with Crippen LogP contribution in [0, 0.1) is 5.41 Å². The highest BCUT2D eigenvalue weighted by molar-refractivity contribution is 6.30. The Labute approximate surface area is 272 Å². The maximum absolute atomic E-state index is 6.68. The number of likely N-dealkylation sites (N-methyl/N-ethyl adjacent to an activating group) is 1. The maximum atomic E-state index is 6.68. The van der Waals surface area contributed by atoms with E-state index in [4.69, 9.17) is 16.6 Å². The highest BCUT2D eigenvalue weighted by Gasteiger charge is 2.28. The van der Waals surface area contributed by atoms with Gasteiger partial charge in [0.25, 0.3) is 0 Å². The van der Waals surface area contributed by atoms with Gasteiger partial charge in [-0.2, -0.15) is 0 Å². The molecule has 0 bridgehead atoms. The number of likely N-dealkylation sites (tertiary alicyclic amines) is 1. The van der Waals surface area contributed by atoms with Crippen molar-refractivity contribution in [2.24, 2.45) is 10.4 Å². The summed E-state index contributed by atoms with van der Waals surface area (Å²) in [6.45, 7) is 23.4. The zero-order valence-corrected chi connectivity index (χ0v) is 29.3. The van der Waals surface area contributed by atoms with E-state index in [1.165, 1.54) is 51.9 Å². The predicted octanol–water partition coefficient (Wildman–Crippen LogP) is 7.55. The van der Waals surface area contributed by atoms with E-state index in [2.05, 4.69) is 105 Å². The van der Waals surface area contributed by atoms with Crippen molar-refractivity contribution in [3.63, 3.8) is 0 Å². The lowest BCUT2D eigenvalue weighted by Crippen LogP contribution is -2.43. The maximum Gasteiger partial charge on any atom is 0.150 e. The molecule has 44 heavy (non-hydrogen) atoms. The second kappa shape index (κ2) is 16.3. The Kier molecular flexibility index (Phi) is 12.7. The van der Waals surface area contributed by atoms with E-state index in [1.807, 2.05) is 0 Å². The summed E-state index contributed by atoms with van der Waals surface area (Å²) < 4.78 is 0. The van der Waals surface area contributed by atoms with Crippen LogP contribution in [0.5, 0.6) is 0 Å². The van der Waals surface area contributed by atoms with Gasteiger partial charge in [0, 0.05) is 67.8 Å². The van der Waals surface area contributed by atoms with Crippen molar-refractivity contribution in [1.82, 2.24) is 26.0 Å². The van der Waals surface area contributed by atoms with Crippen LogP contribution < -0.4 is 16.2 Å². The van der Waals surface area contributed by atoms with Crippen LogP contribution in [0.4, 0.5) is 0 Å². The zero-order valence-electron chi connectivity index (χ0n) is 28.5. The van der Waals surface area contributed by atoms with Crippen LogP contribution >= 0.6 is 11.6 Å². The van der Waals surface area contributed by atoms with Crippen LogP contribution in [0.25, 0.3) is 5.57 Å². The van der Waals surface area contributed by atoms with E-state index in [9.17, 15) is 0 Å². The molecule has 0 radical (unpaired) electrons. The third kappa shape index (κ3) is 9.32. The largest absolute Gasteiger partial charge is 0.374 e. The molecule has 242 valence electrons. The summed E-state index contributed by atoms with van der Waals surface area (Å²) in [5, 5.41) is 4.45. The molecule has 2 aliphatic heterocycles. The molecule has 1 aromatic carbocycles. The van der Waals surface area contributed by atoms with Crippen LogP contribution in [0.15, 0.2) is 62.9 Å². The molecule has 1 saturated heterocycles. The number of nitrogens with one attached hydrogen (secondary N) is 3. The first-order valence-electron chi connectivity index (χ1n) is 16.9. The molecule has 0 aromatic heterocycles. The molecule has 1 aromatic rings. The molecule has 7 heteroatoms. The molecule has 1 fully saturated rings. The minimum absolute atomic E-state index is 0.393. The van der Waals surface area contributed by atoms with E-state index < -0.39 is 0 Å². The summed E-state index contributed by atoms with van der Waals surface area (Å²) in [5.74, 6) is 0.893. The normalized spacial score (nSPS) is 20.4. The number of hydrogen-bond donors (Lipinski definition) is 3. The number of rotatable bonds is 12. The van der Waals surface area contributed by atoms with Crippen molar-refractivity contribution in [2.75, 3.05) is 45.8 Å². The second-order valence-corrected chi connectivity index (χ2v) is 13.9. The predicted molar refractivity (Wildman–Crippen MR) is 190 cm³/mol. The quantitative estimate of drug-likeness (QED) is 0.0975. The molecule has 0 atom stereocenters. The number of aliphatic imine (C=N–C) groups is 1. The Balaban J connectivity index is 1.67. The Hall–Kier alpha value is -2.38. The van der Waals surface area contributed by atoms with Gasteiger partial charge >= 0.3 is 0 Å². The Bertz CT molecular complexity index is 1290. The molecular formula is C37H57ClN6. The number of allylic oxidation sites excluding steroid dienone is 5. The van der Waals surface area contributed by atoms with Crippen molar-refractivity contribution < 1.29 is 0 Å². The number of piperidine rings is 1. The number of halogens is 1. The molecule has 4 rings (SSSR count). The van der Waals surface area contributed by atoms with Crippen LogP contribution in [0.2, 0.25) is 0 Å². The van der Waals surface area contributed by atoms with Gasteiger partial charge in [-0.3, -0.25) is 4.90 Å². The number of hydrogen-bond acceptors (Lipinski definition) is 5. The Morgan fingerprint density at radius 3 is 2.52 bits per heavy atom. The Morgan fingerprint density at radius 2 is 1.82 bits per heavy atom. The van der Waals surface area contributed by atoms with Crippen LogP contribution in [-0.2, 0) is 13.0 Å². The highest BCUT2D eigenvalue weighted by atomic mass is 35.5. The average Bonchev–Trinajstić information content (AvgIpc) is 2.99. The Morgan fingerprint density at radius 1 is 1.05 bits per heavy atom. The standard InChI is InChI=1S/C37H57ClN6/c1-8-11-28(4)41-36(42-40-20-19-39-9-2)35(29(5)44-22-17-37(6,7)18-23-44)31-14-15-32-25-43(21-16-30(32)24-31)26-33-27(3)12-10-13-34(33)38/h11-12,14-15,24,39-40H,8-10,13,16-23,25-26H2,1-7H3,(H,41,42)/b28-11+,35-29+. The lowest BCUT2D eigenvalue weighted by molar-refractivity contribution is 0.163. The van der Waals surface area contributed by atoms with Gasteiger partial charge < -0.3 is 15.6 Å². The molecule has 1 aliphatic carbocycles. The van der Waals surface area contributed by atoms with Gasteiger partial charge in [0.1, 0.15) is 5.84 Å². The summed E-state index contributed by atoms with van der Waals surface area (Å²) >= 11 is 6.68. The molecule has 0 spiro atoms. The fraction of sp³-hybridized carbons (Fsp3) is 0.595. The van der Waals surface area contributed by atoms with Crippen molar-refractivity contribution in [3.8, 4) is 0 Å². The van der Waals surface area contributed by atoms with Gasteiger partial charge in [-0.1, -0.05) is 69.6 Å². The lowest BCUT2D eigenvalue weighted by Gasteiger charge is -2.39. The van der Waals surface area contributed by atoms with Crippen molar-refractivity contribution in [2.45, 2.75) is 93.5 Å². The number of amidine groups is 1. The molecule has 3 aliphatic rings. The SMILES string of the molecule is CC/C=C(C)/N=C(NNCCNCC)/C(=C(\C)N1CCC(C)(C)CC1)c1ccc2c(c1)CCN(CC1=C(Cl)CCC=C1C)C2. The summed E-state index contributed by atoms with van der Waals surface area (Å²) in [6, 6.07) is 7.11. The van der Waals surface area contributed by atoms with Gasteiger partial charge in [0.2, 0.25) is 0 Å². The number of nitrogens with zero attached hydrogens (tertiary/aromatic N) is 3. The molecule has 3 N–H and O–H groups in total. The second-order valence-electron chi connectivity index (χ2n) is 13.5. The number of hydrazine groups is 1. The van der Waals surface area contributed by atoms with E-state index >= 15 is 0 Å². The fourth-order valence-corrected chi connectivity index (χ4v) is 6.82. The van der Waals surface area contributed by atoms with Gasteiger partial charge in [0.15, 0.2) is 0 Å². The highest BCUT2D eigenvalue weighted by Crippen LogP contribution is 2.35. The van der Waals surface area contributed by atoms with Crippen molar-refractivity contribution in [1.29, 1.82) is 0 Å². The molecule has 0 unspecified atom stereocenters. The van der Waals surface area contributed by atoms with Gasteiger partial charge in [-0.15, -0.1) is 0 Å². The van der Waals surface area contributed by atoms with Crippen molar-refractivity contribution >= 4 is 23.0 Å². The first kappa shape index (κ1) is 34.5. The zero-order chi connectivity index (χ0) is 31.7. The van der Waals surface area contributed by atoms with Crippen LogP contribution in [0.3, 0.4) is 0 Å². The molecule has 0 saturated carbocycles. The van der Waals surface area contributed by atoms with E-state index in [-0.39, 0.29) is 0 Å². The minimum Gasteiger partial charge on any atom is -0.374 e. The topological polar surface area (TPSA) is 54.9 Å². The first-order valence-corrected chi connectivity index (χ1v) is 17.3. The lowest BCUT2D eigenvalue weighted by atomic mass is 9.82. The van der Waals surface area contributed by atoms with Gasteiger partial charge in [-0.05, 0) is 99.1 Å². The molecular weight excluding hydrogens is 564 g/mol. The minimum atomic E-state index is 0.393. The average molecular weight is 621 g/mol. The van der Waals surface area contributed by atoms with Gasteiger partial charge in [0.05, 0.1) is 0 Å². The van der Waals surface area contributed by atoms with Crippen molar-refractivity contribution in [3.05, 3.63) is 74.6 Å². The van der Waals surface area contributed by atoms with E-state index in [1.54, 1.807) is 0 Å². The summed E-state index contributed by atoms with van der Waals surface area (Å²) in [6.07, 6.45) is 11.0. The number of benzene rings is 1. The third-order valence-corrected chi connectivity index (χ3v) is 9.86. The smallest absolute Gasteiger partial charge is 0.150 e. The summed E-state index contributed by atoms with van der Waals surface area (Å²) in [5.41, 5.74) is 17.7. The third-order valence-electron chi connectivity index (χ3n) is 9.45. The van der Waals surface area contributed by atoms with E-state index in [0.717, 1.165) is 94.6 Å². The fourth-order valence-electron chi connectivity index (χ4n) is 6.50. The monoisotopic (exact) mass is 620 g/mol. The molecule has 6 nitrogen and oxygen atoms in total. The molecule has 0 amide bonds.